The Balaban J connectivity index is 1.39. The van der Waals surface area contributed by atoms with Crippen molar-refractivity contribution in [2.75, 3.05) is 32.7 Å². The number of piperazine rings is 1. The van der Waals surface area contributed by atoms with Crippen LogP contribution in [0, 0.1) is 0 Å². The van der Waals surface area contributed by atoms with E-state index in [1.807, 2.05) is 64.2 Å². The van der Waals surface area contributed by atoms with Crippen LogP contribution in [0.2, 0.25) is 0 Å². The van der Waals surface area contributed by atoms with Crippen LogP contribution in [0.15, 0.2) is 79.1 Å². The van der Waals surface area contributed by atoms with Gasteiger partial charge < -0.3 is 19.7 Å². The van der Waals surface area contributed by atoms with E-state index in [2.05, 4.69) is 9.88 Å². The number of hydrogen-bond acceptors (Lipinski definition) is 5. The monoisotopic (exact) mass is 498 g/mol. The van der Waals surface area contributed by atoms with Gasteiger partial charge in [-0.15, -0.1) is 0 Å². The predicted molar refractivity (Wildman–Crippen MR) is 141 cm³/mol. The van der Waals surface area contributed by atoms with Gasteiger partial charge in [-0.2, -0.15) is 0 Å². The molecule has 2 aromatic carbocycles. The molecule has 1 aliphatic heterocycles. The van der Waals surface area contributed by atoms with Gasteiger partial charge in [0.2, 0.25) is 0 Å². The Morgan fingerprint density at radius 3 is 2.35 bits per heavy atom. The molecule has 8 nitrogen and oxygen atoms in total. The molecule has 4 aromatic rings. The first-order valence-corrected chi connectivity index (χ1v) is 12.5. The Kier molecular flexibility index (Phi) is 7.30. The van der Waals surface area contributed by atoms with Crippen LogP contribution in [0.25, 0.3) is 10.9 Å². The lowest BCUT2D eigenvalue weighted by Gasteiger charge is -2.37. The van der Waals surface area contributed by atoms with Gasteiger partial charge in [0.1, 0.15) is 6.04 Å². The van der Waals surface area contributed by atoms with Gasteiger partial charge >= 0.3 is 11.9 Å². The highest BCUT2D eigenvalue weighted by atomic mass is 16.4. The molecule has 1 aliphatic rings. The molecule has 37 heavy (non-hydrogen) atoms. The van der Waals surface area contributed by atoms with Gasteiger partial charge in [-0.1, -0.05) is 42.5 Å². The van der Waals surface area contributed by atoms with Crippen molar-refractivity contribution in [3.8, 4) is 0 Å². The first-order valence-electron chi connectivity index (χ1n) is 12.5. The fourth-order valence-electron chi connectivity index (χ4n) is 5.13. The average molecular weight is 499 g/mol. The zero-order chi connectivity index (χ0) is 25.8. The summed E-state index contributed by atoms with van der Waals surface area (Å²) in [7, 11) is 0. The molecule has 5 rings (SSSR count). The largest absolute Gasteiger partial charge is 0.480 e. The summed E-state index contributed by atoms with van der Waals surface area (Å²) in [5.41, 5.74) is 3.71. The van der Waals surface area contributed by atoms with Crippen LogP contribution in [-0.2, 0) is 17.8 Å². The Labute approximate surface area is 215 Å². The third-order valence-electron chi connectivity index (χ3n) is 7.07. The summed E-state index contributed by atoms with van der Waals surface area (Å²) < 4.78 is 1.96. The number of rotatable bonds is 9. The highest BCUT2D eigenvalue weighted by molar-refractivity contribution is 5.96. The average Bonchev–Trinajstić information content (AvgIpc) is 3.26. The highest BCUT2D eigenvalue weighted by Gasteiger charge is 2.33. The second-order valence-electron chi connectivity index (χ2n) is 9.42. The summed E-state index contributed by atoms with van der Waals surface area (Å²) in [6.07, 6.45) is 4.55. The molecule has 2 aromatic heterocycles. The van der Waals surface area contributed by atoms with Crippen molar-refractivity contribution in [1.82, 2.24) is 19.4 Å². The number of aromatic nitrogens is 2. The minimum absolute atomic E-state index is 0.180. The lowest BCUT2D eigenvalue weighted by Crippen LogP contribution is -2.49. The number of carboxylic acid groups (broad SMARTS) is 2. The minimum Gasteiger partial charge on any atom is -0.480 e. The van der Waals surface area contributed by atoms with Crippen LogP contribution in [-0.4, -0.2) is 74.2 Å². The zero-order valence-electron chi connectivity index (χ0n) is 20.5. The van der Waals surface area contributed by atoms with E-state index in [0.29, 0.717) is 25.2 Å². The molecule has 0 spiro atoms. The standard InChI is InChI=1S/C29H30N4O4/c34-28(35)22-9-10-24-25(20-33(26(24)18-22)19-21-6-2-1-3-7-21)27(29(36)37)32-16-14-31(15-17-32)13-11-23-8-4-5-12-30-23/h1-10,12,18,20,27H,11,13-17,19H2,(H,34,35)(H,36,37)/t27-/m1/s1. The minimum atomic E-state index is -1.01. The number of benzene rings is 2. The lowest BCUT2D eigenvalue weighted by atomic mass is 10.0. The Morgan fingerprint density at radius 2 is 1.68 bits per heavy atom. The van der Waals surface area contributed by atoms with E-state index >= 15 is 0 Å². The third-order valence-corrected chi connectivity index (χ3v) is 7.07. The molecule has 0 bridgehead atoms. The normalized spacial score (nSPS) is 15.6. The molecule has 0 radical (unpaired) electrons. The van der Waals surface area contributed by atoms with Crippen LogP contribution in [0.3, 0.4) is 0 Å². The summed E-state index contributed by atoms with van der Waals surface area (Å²) in [5, 5.41) is 20.7. The van der Waals surface area contributed by atoms with Crippen LogP contribution in [0.4, 0.5) is 0 Å². The lowest BCUT2D eigenvalue weighted by molar-refractivity contribution is -0.144. The fraction of sp³-hybridized carbons (Fsp3) is 0.276. The topological polar surface area (TPSA) is 98.9 Å². The van der Waals surface area contributed by atoms with Crippen molar-refractivity contribution in [3.05, 3.63) is 102 Å². The Bertz CT molecular complexity index is 1380. The van der Waals surface area contributed by atoms with Crippen LogP contribution >= 0.6 is 0 Å². The van der Waals surface area contributed by atoms with E-state index in [-0.39, 0.29) is 5.56 Å². The Morgan fingerprint density at radius 1 is 0.919 bits per heavy atom. The molecule has 0 amide bonds. The van der Waals surface area contributed by atoms with E-state index in [9.17, 15) is 19.8 Å². The molecule has 2 N–H and O–H groups in total. The van der Waals surface area contributed by atoms with E-state index in [0.717, 1.165) is 48.2 Å². The molecule has 1 fully saturated rings. The maximum absolute atomic E-state index is 12.6. The van der Waals surface area contributed by atoms with E-state index < -0.39 is 18.0 Å². The summed E-state index contributed by atoms with van der Waals surface area (Å²) in [5.74, 6) is -1.91. The molecule has 0 saturated carbocycles. The first kappa shape index (κ1) is 24.7. The van der Waals surface area contributed by atoms with Crippen LogP contribution in [0.5, 0.6) is 0 Å². The van der Waals surface area contributed by atoms with Crippen molar-refractivity contribution < 1.29 is 19.8 Å². The van der Waals surface area contributed by atoms with Gasteiger partial charge in [0.15, 0.2) is 0 Å². The molecule has 0 aliphatic carbocycles. The number of aliphatic carboxylic acids is 1. The predicted octanol–water partition coefficient (Wildman–Crippen LogP) is 3.77. The van der Waals surface area contributed by atoms with Crippen molar-refractivity contribution in [2.45, 2.75) is 19.0 Å². The number of fused-ring (bicyclic) bond motifs is 1. The van der Waals surface area contributed by atoms with Crippen LogP contribution < -0.4 is 0 Å². The van der Waals surface area contributed by atoms with Gasteiger partial charge in [0, 0.05) is 80.2 Å². The van der Waals surface area contributed by atoms with Crippen LogP contribution in [0.1, 0.15) is 33.2 Å². The maximum atomic E-state index is 12.6. The van der Waals surface area contributed by atoms with Gasteiger partial charge in [-0.25, -0.2) is 4.79 Å². The first-order chi connectivity index (χ1) is 18.0. The second kappa shape index (κ2) is 10.9. The Hall–Kier alpha value is -4.01. The highest BCUT2D eigenvalue weighted by Crippen LogP contribution is 2.32. The molecular weight excluding hydrogens is 468 g/mol. The van der Waals surface area contributed by atoms with Crippen molar-refractivity contribution in [1.29, 1.82) is 0 Å². The van der Waals surface area contributed by atoms with Crippen molar-refractivity contribution in [2.24, 2.45) is 0 Å². The summed E-state index contributed by atoms with van der Waals surface area (Å²) in [6, 6.07) is 19.9. The summed E-state index contributed by atoms with van der Waals surface area (Å²) in [4.78, 5) is 33.0. The number of nitrogens with zero attached hydrogens (tertiary/aromatic N) is 4. The second-order valence-corrected chi connectivity index (χ2v) is 9.42. The number of carboxylic acids is 2. The number of carbonyl (C=O) groups is 2. The molecule has 3 heterocycles. The third kappa shape index (κ3) is 5.55. The number of pyridine rings is 1. The zero-order valence-corrected chi connectivity index (χ0v) is 20.5. The summed E-state index contributed by atoms with van der Waals surface area (Å²) >= 11 is 0. The molecule has 1 saturated heterocycles. The number of hydrogen-bond donors (Lipinski definition) is 2. The summed E-state index contributed by atoms with van der Waals surface area (Å²) in [6.45, 7) is 4.24. The van der Waals surface area contributed by atoms with Gasteiger partial charge in [0.05, 0.1) is 5.56 Å². The molecule has 8 heteroatoms. The smallest absolute Gasteiger partial charge is 0.335 e. The van der Waals surface area contributed by atoms with Gasteiger partial charge in [0.25, 0.3) is 0 Å². The van der Waals surface area contributed by atoms with Gasteiger partial charge in [-0.05, 0) is 29.8 Å². The quantitative estimate of drug-likeness (QED) is 0.362. The van der Waals surface area contributed by atoms with E-state index in [1.165, 1.54) is 0 Å². The molecule has 1 atom stereocenters. The van der Waals surface area contributed by atoms with E-state index in [1.54, 1.807) is 24.4 Å². The molecular formula is C29H30N4O4. The van der Waals surface area contributed by atoms with Crippen molar-refractivity contribution in [3.63, 3.8) is 0 Å². The molecule has 0 unspecified atom stereocenters. The SMILES string of the molecule is O=C(O)c1ccc2c([C@H](C(=O)O)N3CCN(CCc4ccccn4)CC3)cn(Cc3ccccc3)c2c1. The number of aromatic carboxylic acids is 1. The van der Waals surface area contributed by atoms with E-state index in [4.69, 9.17) is 0 Å². The molecule has 190 valence electrons. The van der Waals surface area contributed by atoms with Crippen molar-refractivity contribution >= 4 is 22.8 Å². The van der Waals surface area contributed by atoms with Gasteiger partial charge in [-0.3, -0.25) is 14.7 Å². The fourth-order valence-corrected chi connectivity index (χ4v) is 5.13. The maximum Gasteiger partial charge on any atom is 0.335 e.